The number of aryl methyl sites for hydroxylation is 1. The highest BCUT2D eigenvalue weighted by atomic mass is 32.2. The Balaban J connectivity index is 2.01. The number of anilines is 1. The molecule has 96 valence electrons. The molecule has 1 fully saturated rings. The summed E-state index contributed by atoms with van der Waals surface area (Å²) in [5.74, 6) is 5.87. The monoisotopic (exact) mass is 257 g/mol. The van der Waals surface area contributed by atoms with Gasteiger partial charge in [0.15, 0.2) is 5.82 Å². The summed E-state index contributed by atoms with van der Waals surface area (Å²) < 4.78 is 8.22. The molecule has 17 heavy (non-hydrogen) atoms. The zero-order chi connectivity index (χ0) is 12.4. The minimum Gasteiger partial charge on any atom is -0.298 e. The minimum absolute atomic E-state index is 0.757. The van der Waals surface area contributed by atoms with Gasteiger partial charge in [0.1, 0.15) is 12.2 Å². The van der Waals surface area contributed by atoms with Crippen LogP contribution in [0.1, 0.15) is 18.5 Å². The highest BCUT2D eigenvalue weighted by Crippen LogP contribution is 2.27. The lowest BCUT2D eigenvalue weighted by molar-refractivity contribution is 0.307. The summed E-state index contributed by atoms with van der Waals surface area (Å²) in [4.78, 5) is 2.37. The van der Waals surface area contributed by atoms with Crippen molar-refractivity contribution in [1.29, 1.82) is 0 Å². The van der Waals surface area contributed by atoms with E-state index in [0.717, 1.165) is 30.6 Å². The molecule has 0 unspecified atom stereocenters. The summed E-state index contributed by atoms with van der Waals surface area (Å²) in [7, 11) is 5.99. The van der Waals surface area contributed by atoms with Crippen molar-refractivity contribution in [3.05, 3.63) is 11.8 Å². The Hall–Kier alpha value is -0.760. The maximum Gasteiger partial charge on any atom is 0.162 e. The van der Waals surface area contributed by atoms with Crippen molar-refractivity contribution in [3.8, 4) is 0 Å². The van der Waals surface area contributed by atoms with Gasteiger partial charge in [-0.3, -0.25) is 13.9 Å². The van der Waals surface area contributed by atoms with Crippen molar-refractivity contribution in [2.75, 3.05) is 18.4 Å². The van der Waals surface area contributed by atoms with E-state index in [2.05, 4.69) is 27.4 Å². The third-order valence-electron chi connectivity index (χ3n) is 3.02. The van der Waals surface area contributed by atoms with Crippen LogP contribution in [0.2, 0.25) is 0 Å². The predicted molar refractivity (Wildman–Crippen MR) is 69.0 cm³/mol. The standard InChI is InChI=1S/C10H19N5OS/c1-13(8-4-5-8)7-9-6-10(12-14(9)2)15(3)17-16-11/h6,8H,4-5,7,11H2,1-3H3. The Morgan fingerprint density at radius 2 is 2.29 bits per heavy atom. The fraction of sp³-hybridized carbons (Fsp3) is 0.700. The molecule has 2 N–H and O–H groups in total. The Morgan fingerprint density at radius 3 is 2.88 bits per heavy atom. The lowest BCUT2D eigenvalue weighted by Gasteiger charge is -2.14. The van der Waals surface area contributed by atoms with E-state index < -0.39 is 0 Å². The van der Waals surface area contributed by atoms with E-state index in [0.29, 0.717) is 0 Å². The van der Waals surface area contributed by atoms with Crippen LogP contribution in [0.5, 0.6) is 0 Å². The molecule has 1 saturated carbocycles. The minimum atomic E-state index is 0.757. The largest absolute Gasteiger partial charge is 0.298 e. The van der Waals surface area contributed by atoms with Crippen LogP contribution in [0.15, 0.2) is 6.07 Å². The smallest absolute Gasteiger partial charge is 0.162 e. The summed E-state index contributed by atoms with van der Waals surface area (Å²) in [5, 5.41) is 4.42. The van der Waals surface area contributed by atoms with Crippen LogP contribution >= 0.6 is 12.2 Å². The summed E-state index contributed by atoms with van der Waals surface area (Å²) >= 11 is 1.07. The van der Waals surface area contributed by atoms with Gasteiger partial charge in [0.2, 0.25) is 0 Å². The fourth-order valence-electron chi connectivity index (χ4n) is 1.79. The van der Waals surface area contributed by atoms with Gasteiger partial charge in [-0.2, -0.15) is 5.10 Å². The molecule has 6 nitrogen and oxygen atoms in total. The topological polar surface area (TPSA) is 59.6 Å². The quantitative estimate of drug-likeness (QED) is 0.464. The van der Waals surface area contributed by atoms with Crippen LogP contribution in [0.3, 0.4) is 0 Å². The summed E-state index contributed by atoms with van der Waals surface area (Å²) in [5.41, 5.74) is 1.19. The van der Waals surface area contributed by atoms with E-state index in [1.54, 1.807) is 4.31 Å². The molecule has 0 spiro atoms. The number of hydrogen-bond acceptors (Lipinski definition) is 6. The predicted octanol–water partition coefficient (Wildman–Crippen LogP) is 0.904. The Kier molecular flexibility index (Phi) is 3.93. The Labute approximate surface area is 106 Å². The molecule has 0 aromatic carbocycles. The number of aromatic nitrogens is 2. The first kappa shape index (κ1) is 12.7. The molecule has 0 atom stereocenters. The van der Waals surface area contributed by atoms with E-state index in [1.165, 1.54) is 18.5 Å². The van der Waals surface area contributed by atoms with Gasteiger partial charge in [0.05, 0.1) is 5.69 Å². The van der Waals surface area contributed by atoms with Crippen LogP contribution in [0, 0.1) is 0 Å². The summed E-state index contributed by atoms with van der Waals surface area (Å²) in [6, 6.07) is 2.82. The molecule has 0 radical (unpaired) electrons. The number of rotatable bonds is 6. The number of nitrogens with two attached hydrogens (primary N) is 1. The lowest BCUT2D eigenvalue weighted by atomic mass is 10.3. The second-order valence-electron chi connectivity index (χ2n) is 4.43. The highest BCUT2D eigenvalue weighted by Gasteiger charge is 2.26. The van der Waals surface area contributed by atoms with Crippen LogP contribution < -0.4 is 10.2 Å². The van der Waals surface area contributed by atoms with Crippen molar-refractivity contribution >= 4 is 18.0 Å². The second-order valence-corrected chi connectivity index (χ2v) is 5.32. The van der Waals surface area contributed by atoms with Gasteiger partial charge in [-0.15, -0.1) is 0 Å². The van der Waals surface area contributed by atoms with Crippen molar-refractivity contribution in [3.63, 3.8) is 0 Å². The van der Waals surface area contributed by atoms with Crippen molar-refractivity contribution in [1.82, 2.24) is 14.7 Å². The Morgan fingerprint density at radius 1 is 1.59 bits per heavy atom. The number of nitrogens with zero attached hydrogens (tertiary/aromatic N) is 4. The van der Waals surface area contributed by atoms with Crippen LogP contribution in [0.4, 0.5) is 5.82 Å². The zero-order valence-corrected chi connectivity index (χ0v) is 11.3. The van der Waals surface area contributed by atoms with Crippen molar-refractivity contribution in [2.24, 2.45) is 12.9 Å². The fourth-order valence-corrected chi connectivity index (χ4v) is 2.09. The van der Waals surface area contributed by atoms with E-state index in [-0.39, 0.29) is 0 Å². The SMILES string of the molecule is CN(SON)c1cc(CN(C)C2CC2)n(C)n1. The van der Waals surface area contributed by atoms with Gasteiger partial charge in [-0.05, 0) is 19.9 Å². The molecular weight excluding hydrogens is 238 g/mol. The van der Waals surface area contributed by atoms with Crippen molar-refractivity contribution in [2.45, 2.75) is 25.4 Å². The lowest BCUT2D eigenvalue weighted by Crippen LogP contribution is -2.21. The van der Waals surface area contributed by atoms with E-state index in [4.69, 9.17) is 5.90 Å². The van der Waals surface area contributed by atoms with E-state index in [1.807, 2.05) is 18.8 Å². The molecule has 7 heteroatoms. The molecule has 0 aliphatic heterocycles. The zero-order valence-electron chi connectivity index (χ0n) is 10.5. The summed E-state index contributed by atoms with van der Waals surface area (Å²) in [6.45, 7) is 0.927. The van der Waals surface area contributed by atoms with Crippen LogP contribution in [-0.2, 0) is 17.9 Å². The molecule has 1 aromatic heterocycles. The van der Waals surface area contributed by atoms with Gasteiger partial charge in [-0.25, -0.2) is 10.2 Å². The van der Waals surface area contributed by atoms with Crippen LogP contribution in [-0.4, -0.2) is 34.8 Å². The molecule has 0 saturated heterocycles. The molecule has 0 amide bonds. The maximum atomic E-state index is 5.02. The maximum absolute atomic E-state index is 5.02. The molecule has 1 aliphatic rings. The average molecular weight is 257 g/mol. The first-order chi connectivity index (χ1) is 8.11. The van der Waals surface area contributed by atoms with Gasteiger partial charge in [-0.1, -0.05) is 0 Å². The molecule has 1 aliphatic carbocycles. The first-order valence-electron chi connectivity index (χ1n) is 5.62. The molecular formula is C10H19N5OS. The highest BCUT2D eigenvalue weighted by molar-refractivity contribution is 7.96. The van der Waals surface area contributed by atoms with Crippen LogP contribution in [0.25, 0.3) is 0 Å². The third kappa shape index (κ3) is 3.12. The molecule has 2 rings (SSSR count). The average Bonchev–Trinajstić information content (AvgIpc) is 3.06. The molecule has 0 bridgehead atoms. The van der Waals surface area contributed by atoms with E-state index >= 15 is 0 Å². The molecule has 1 aromatic rings. The normalized spacial score (nSPS) is 15.6. The van der Waals surface area contributed by atoms with Gasteiger partial charge in [0, 0.05) is 32.7 Å². The molecule has 1 heterocycles. The summed E-state index contributed by atoms with van der Waals surface area (Å²) in [6.07, 6.45) is 2.63. The number of hydrogen-bond donors (Lipinski definition) is 1. The third-order valence-corrected chi connectivity index (χ3v) is 3.52. The van der Waals surface area contributed by atoms with E-state index in [9.17, 15) is 0 Å². The second kappa shape index (κ2) is 5.26. The van der Waals surface area contributed by atoms with Gasteiger partial charge in [0.25, 0.3) is 0 Å². The van der Waals surface area contributed by atoms with Crippen molar-refractivity contribution < 1.29 is 4.28 Å². The van der Waals surface area contributed by atoms with Gasteiger partial charge < -0.3 is 0 Å². The first-order valence-corrected chi connectivity index (χ1v) is 6.32. The Bertz CT molecular complexity index is 379. The van der Waals surface area contributed by atoms with Gasteiger partial charge >= 0.3 is 0 Å².